The van der Waals surface area contributed by atoms with Gasteiger partial charge in [-0.15, -0.1) is 0 Å². The molecule has 0 saturated heterocycles. The summed E-state index contributed by atoms with van der Waals surface area (Å²) < 4.78 is 23.3. The monoisotopic (exact) mass is 252 g/mol. The van der Waals surface area contributed by atoms with Gasteiger partial charge in [-0.05, 0) is 24.6 Å². The van der Waals surface area contributed by atoms with E-state index in [1.807, 2.05) is 0 Å². The van der Waals surface area contributed by atoms with E-state index < -0.39 is 5.82 Å². The second-order valence-electron chi connectivity index (χ2n) is 3.69. The topological polar surface area (TPSA) is 54.3 Å². The number of rotatable bonds is 8. The Morgan fingerprint density at radius 2 is 2.17 bits per heavy atom. The fraction of sp³-hybridized carbons (Fsp3) is 0.462. The van der Waals surface area contributed by atoms with Gasteiger partial charge in [0.1, 0.15) is 11.9 Å². The van der Waals surface area contributed by atoms with Crippen LogP contribution in [0.2, 0.25) is 0 Å². The summed E-state index contributed by atoms with van der Waals surface area (Å²) in [4.78, 5) is 0. The molecular weight excluding hydrogens is 235 g/mol. The lowest BCUT2D eigenvalue weighted by atomic mass is 10.2. The van der Waals surface area contributed by atoms with Crippen molar-refractivity contribution in [3.05, 3.63) is 29.6 Å². The Bertz CT molecular complexity index is 404. The smallest absolute Gasteiger partial charge is 0.141 e. The molecule has 0 saturated carbocycles. The van der Waals surface area contributed by atoms with Crippen molar-refractivity contribution in [2.75, 3.05) is 38.8 Å². The normalized spacial score (nSPS) is 10.1. The van der Waals surface area contributed by atoms with E-state index in [1.165, 1.54) is 12.1 Å². The van der Waals surface area contributed by atoms with Gasteiger partial charge in [-0.2, -0.15) is 5.26 Å². The molecule has 0 aliphatic heterocycles. The van der Waals surface area contributed by atoms with Crippen LogP contribution in [-0.4, -0.2) is 33.5 Å². The summed E-state index contributed by atoms with van der Waals surface area (Å²) in [6.07, 6.45) is 0.867. The van der Waals surface area contributed by atoms with Gasteiger partial charge < -0.3 is 14.8 Å². The van der Waals surface area contributed by atoms with Crippen LogP contribution >= 0.6 is 0 Å². The second kappa shape index (κ2) is 8.45. The minimum Gasteiger partial charge on any atom is -0.385 e. The molecule has 0 aromatic heterocycles. The molecule has 98 valence electrons. The number of nitrogens with one attached hydrogen (secondary N) is 1. The molecule has 5 heteroatoms. The number of ether oxygens (including phenoxy) is 2. The average molecular weight is 252 g/mol. The molecule has 0 atom stereocenters. The first-order valence-corrected chi connectivity index (χ1v) is 5.78. The van der Waals surface area contributed by atoms with Crippen molar-refractivity contribution in [2.24, 2.45) is 0 Å². The average Bonchev–Trinajstić information content (AvgIpc) is 2.39. The number of benzene rings is 1. The highest BCUT2D eigenvalue weighted by atomic mass is 19.1. The Hall–Kier alpha value is -1.64. The predicted molar refractivity (Wildman–Crippen MR) is 66.9 cm³/mol. The van der Waals surface area contributed by atoms with Gasteiger partial charge in [0.15, 0.2) is 0 Å². The van der Waals surface area contributed by atoms with Gasteiger partial charge in [-0.25, -0.2) is 4.39 Å². The van der Waals surface area contributed by atoms with E-state index in [0.717, 1.165) is 6.42 Å². The van der Waals surface area contributed by atoms with Crippen LogP contribution in [0.15, 0.2) is 18.2 Å². The molecule has 18 heavy (non-hydrogen) atoms. The van der Waals surface area contributed by atoms with Crippen LogP contribution in [0.25, 0.3) is 0 Å². The third kappa shape index (κ3) is 5.13. The predicted octanol–water partition coefficient (Wildman–Crippen LogP) is 2.16. The number of anilines is 1. The maximum absolute atomic E-state index is 13.0. The Labute approximate surface area is 106 Å². The number of hydrogen-bond acceptors (Lipinski definition) is 4. The molecule has 0 aliphatic rings. The van der Waals surface area contributed by atoms with Crippen molar-refractivity contribution in [3.8, 4) is 6.07 Å². The molecule has 0 unspecified atom stereocenters. The van der Waals surface area contributed by atoms with Gasteiger partial charge in [0, 0.05) is 32.6 Å². The van der Waals surface area contributed by atoms with Crippen molar-refractivity contribution < 1.29 is 13.9 Å². The van der Waals surface area contributed by atoms with E-state index in [1.54, 1.807) is 19.2 Å². The molecule has 4 nitrogen and oxygen atoms in total. The van der Waals surface area contributed by atoms with Crippen molar-refractivity contribution in [2.45, 2.75) is 6.42 Å². The molecule has 0 amide bonds. The summed E-state index contributed by atoms with van der Waals surface area (Å²) in [5, 5.41) is 11.7. The second-order valence-corrected chi connectivity index (χ2v) is 3.69. The molecule has 1 aromatic carbocycles. The lowest BCUT2D eigenvalue weighted by Crippen LogP contribution is -2.11. The minimum absolute atomic E-state index is 0.0426. The standard InChI is InChI=1S/C13H17FN2O2/c1-17-6-2-7-18-8-5-16-12-3-4-13(14)11(9-12)10-15/h3-4,9,16H,2,5-8H2,1H3. The van der Waals surface area contributed by atoms with Gasteiger partial charge in [0.25, 0.3) is 0 Å². The highest BCUT2D eigenvalue weighted by Crippen LogP contribution is 2.13. The summed E-state index contributed by atoms with van der Waals surface area (Å²) in [6, 6.07) is 6.16. The van der Waals surface area contributed by atoms with Gasteiger partial charge in [0.05, 0.1) is 12.2 Å². The number of methoxy groups -OCH3 is 1. The molecule has 0 fully saturated rings. The number of nitrogens with zero attached hydrogens (tertiary/aromatic N) is 1. The lowest BCUT2D eigenvalue weighted by molar-refractivity contribution is 0.109. The van der Waals surface area contributed by atoms with Crippen molar-refractivity contribution >= 4 is 5.69 Å². The van der Waals surface area contributed by atoms with Crippen molar-refractivity contribution in [1.82, 2.24) is 0 Å². The Kier molecular flexibility index (Phi) is 6.77. The molecule has 0 bridgehead atoms. The Morgan fingerprint density at radius 1 is 1.33 bits per heavy atom. The summed E-state index contributed by atoms with van der Waals surface area (Å²) in [7, 11) is 1.66. The van der Waals surface area contributed by atoms with Gasteiger partial charge in [-0.3, -0.25) is 0 Å². The Balaban J connectivity index is 2.22. The van der Waals surface area contributed by atoms with Crippen LogP contribution in [0.3, 0.4) is 0 Å². The van der Waals surface area contributed by atoms with E-state index in [0.29, 0.717) is 32.1 Å². The van der Waals surface area contributed by atoms with E-state index >= 15 is 0 Å². The number of nitriles is 1. The minimum atomic E-state index is -0.501. The highest BCUT2D eigenvalue weighted by Gasteiger charge is 2.01. The third-order valence-electron chi connectivity index (χ3n) is 2.30. The fourth-order valence-corrected chi connectivity index (χ4v) is 1.40. The SMILES string of the molecule is COCCCOCCNc1ccc(F)c(C#N)c1. The molecule has 1 rings (SSSR count). The molecular formula is C13H17FN2O2. The van der Waals surface area contributed by atoms with E-state index in [-0.39, 0.29) is 5.56 Å². The zero-order chi connectivity index (χ0) is 13.2. The third-order valence-corrected chi connectivity index (χ3v) is 2.30. The Morgan fingerprint density at radius 3 is 2.89 bits per heavy atom. The summed E-state index contributed by atoms with van der Waals surface area (Å²) in [6.45, 7) is 2.52. The fourth-order valence-electron chi connectivity index (χ4n) is 1.40. The first-order chi connectivity index (χ1) is 8.77. The molecule has 0 spiro atoms. The van der Waals surface area contributed by atoms with Crippen LogP contribution in [0, 0.1) is 17.1 Å². The summed E-state index contributed by atoms with van der Waals surface area (Å²) in [5.74, 6) is -0.501. The highest BCUT2D eigenvalue weighted by molar-refractivity contribution is 5.49. The first-order valence-electron chi connectivity index (χ1n) is 5.78. The van der Waals surface area contributed by atoms with Gasteiger partial charge in [0.2, 0.25) is 0 Å². The molecule has 1 aromatic rings. The molecule has 0 aliphatic carbocycles. The van der Waals surface area contributed by atoms with E-state index in [9.17, 15) is 4.39 Å². The van der Waals surface area contributed by atoms with Crippen LogP contribution < -0.4 is 5.32 Å². The van der Waals surface area contributed by atoms with Crippen molar-refractivity contribution in [3.63, 3.8) is 0 Å². The zero-order valence-electron chi connectivity index (χ0n) is 10.4. The van der Waals surface area contributed by atoms with Crippen LogP contribution in [-0.2, 0) is 9.47 Å². The van der Waals surface area contributed by atoms with Crippen LogP contribution in [0.1, 0.15) is 12.0 Å². The molecule has 0 heterocycles. The lowest BCUT2D eigenvalue weighted by Gasteiger charge is -2.07. The van der Waals surface area contributed by atoms with Crippen molar-refractivity contribution in [1.29, 1.82) is 5.26 Å². The van der Waals surface area contributed by atoms with E-state index in [2.05, 4.69) is 5.32 Å². The summed E-state index contributed by atoms with van der Waals surface area (Å²) in [5.41, 5.74) is 0.759. The van der Waals surface area contributed by atoms with Crippen LogP contribution in [0.4, 0.5) is 10.1 Å². The molecule has 0 radical (unpaired) electrons. The van der Waals surface area contributed by atoms with Crippen LogP contribution in [0.5, 0.6) is 0 Å². The van der Waals surface area contributed by atoms with E-state index in [4.69, 9.17) is 14.7 Å². The van der Waals surface area contributed by atoms with Gasteiger partial charge >= 0.3 is 0 Å². The maximum atomic E-state index is 13.0. The zero-order valence-corrected chi connectivity index (χ0v) is 10.4. The number of halogens is 1. The summed E-state index contributed by atoms with van der Waals surface area (Å²) >= 11 is 0. The quantitative estimate of drug-likeness (QED) is 0.720. The first kappa shape index (κ1) is 14.4. The largest absolute Gasteiger partial charge is 0.385 e. The maximum Gasteiger partial charge on any atom is 0.141 e. The van der Waals surface area contributed by atoms with Gasteiger partial charge in [-0.1, -0.05) is 0 Å². The number of hydrogen-bond donors (Lipinski definition) is 1. The molecule has 1 N–H and O–H groups in total.